The summed E-state index contributed by atoms with van der Waals surface area (Å²) in [5.41, 5.74) is 7.13. The largest absolute Gasteiger partial charge is 0.478 e. The monoisotopic (exact) mass is 628 g/mol. The van der Waals surface area contributed by atoms with Gasteiger partial charge in [0.2, 0.25) is 5.91 Å². The molecule has 0 radical (unpaired) electrons. The molecular weight excluding hydrogens is 585 g/mol. The maximum absolute atomic E-state index is 14.2. The Hall–Kier alpha value is -2.98. The normalized spacial score (nSPS) is 18.7. The van der Waals surface area contributed by atoms with Crippen LogP contribution in [0.25, 0.3) is 0 Å². The first kappa shape index (κ1) is 32.9. The number of hydrogen-bond donors (Lipinski definition) is 2. The van der Waals surface area contributed by atoms with Crippen molar-refractivity contribution in [3.05, 3.63) is 54.3 Å². The summed E-state index contributed by atoms with van der Waals surface area (Å²) in [4.78, 5) is 26.6. The molecule has 0 saturated heterocycles. The molecule has 0 aromatic heterocycles. The van der Waals surface area contributed by atoms with E-state index in [0.29, 0.717) is 22.9 Å². The molecule has 2 aliphatic rings. The van der Waals surface area contributed by atoms with Crippen molar-refractivity contribution in [3.8, 4) is 5.75 Å². The van der Waals surface area contributed by atoms with E-state index in [0.717, 1.165) is 87.8 Å². The van der Waals surface area contributed by atoms with Crippen LogP contribution < -0.4 is 15.4 Å². The summed E-state index contributed by atoms with van der Waals surface area (Å²) in [5.74, 6) is -1.14. The van der Waals surface area contributed by atoms with Gasteiger partial charge in [-0.25, -0.2) is 13.2 Å². The summed E-state index contributed by atoms with van der Waals surface area (Å²) in [6.07, 6.45) is 12.6. The number of thioether (sulfide) groups is 1. The number of anilines is 2. The first-order chi connectivity index (χ1) is 20.5. The summed E-state index contributed by atoms with van der Waals surface area (Å²) >= 11 is 1.40. The number of carboxylic acids is 1. The van der Waals surface area contributed by atoms with Crippen molar-refractivity contribution in [2.75, 3.05) is 23.5 Å². The van der Waals surface area contributed by atoms with Gasteiger partial charge in [0.1, 0.15) is 5.75 Å². The molecule has 1 aliphatic carbocycles. The lowest BCUT2D eigenvalue weighted by Gasteiger charge is -2.37. The van der Waals surface area contributed by atoms with E-state index in [1.807, 2.05) is 36.6 Å². The van der Waals surface area contributed by atoms with Crippen LogP contribution in [0, 0.1) is 5.41 Å². The molecule has 8 nitrogen and oxygen atoms in total. The topological polar surface area (TPSA) is 127 Å². The molecule has 234 valence electrons. The number of ether oxygens (including phenoxy) is 1. The van der Waals surface area contributed by atoms with Crippen LogP contribution in [0.15, 0.2) is 58.5 Å². The zero-order valence-electron chi connectivity index (χ0n) is 25.4. The van der Waals surface area contributed by atoms with Gasteiger partial charge in [-0.05, 0) is 55.7 Å². The van der Waals surface area contributed by atoms with Gasteiger partial charge in [-0.1, -0.05) is 64.5 Å². The lowest BCUT2D eigenvalue weighted by Crippen LogP contribution is -2.39. The summed E-state index contributed by atoms with van der Waals surface area (Å²) < 4.78 is 34.1. The highest BCUT2D eigenvalue weighted by Crippen LogP contribution is 2.48. The molecule has 1 saturated carbocycles. The molecule has 10 heteroatoms. The van der Waals surface area contributed by atoms with Gasteiger partial charge in [0.25, 0.3) is 0 Å². The molecule has 2 aromatic rings. The first-order valence-electron chi connectivity index (χ1n) is 15.2. The Morgan fingerprint density at radius 3 is 2.23 bits per heavy atom. The minimum atomic E-state index is -3.75. The van der Waals surface area contributed by atoms with Crippen LogP contribution in [0.3, 0.4) is 0 Å². The number of nitrogens with zero attached hydrogens (tertiary/aromatic N) is 1. The fraction of sp³-hybridized carbons (Fsp3) is 0.515. The zero-order chi connectivity index (χ0) is 31.3. The van der Waals surface area contributed by atoms with Crippen LogP contribution in [0.4, 0.5) is 11.4 Å². The van der Waals surface area contributed by atoms with E-state index < -0.39 is 26.6 Å². The maximum Gasteiger partial charge on any atom is 0.331 e. The molecule has 1 fully saturated rings. The van der Waals surface area contributed by atoms with Crippen molar-refractivity contribution < 1.29 is 27.9 Å². The molecule has 1 amide bonds. The average molecular weight is 629 g/mol. The van der Waals surface area contributed by atoms with Gasteiger partial charge >= 0.3 is 5.97 Å². The standard InChI is InChI=1S/C33H44N2O6S2/c1-4-6-15-32(16-7-5-2)22-35(25-12-10-24(11-13-25)33(31(34)38)17-8-9-18-33)26-20-28(42-3)27(41-19-14-30(36)37)21-29(26)43(39,40)23-32/h10-14,19-21H,4-9,15-18,22-23H2,1-3H3,(H2,34,38)(H,36,37). The number of aliphatic carboxylic acids is 1. The van der Waals surface area contributed by atoms with E-state index in [1.165, 1.54) is 11.8 Å². The lowest BCUT2D eigenvalue weighted by molar-refractivity contribution is -0.131. The molecule has 43 heavy (non-hydrogen) atoms. The molecular formula is C33H44N2O6S2. The lowest BCUT2D eigenvalue weighted by atomic mass is 9.78. The van der Waals surface area contributed by atoms with Gasteiger partial charge < -0.3 is 20.5 Å². The summed E-state index contributed by atoms with van der Waals surface area (Å²) in [6, 6.07) is 11.3. The Labute approximate surface area is 260 Å². The number of sulfone groups is 1. The molecule has 4 rings (SSSR count). The smallest absolute Gasteiger partial charge is 0.331 e. The van der Waals surface area contributed by atoms with E-state index in [2.05, 4.69) is 18.7 Å². The highest BCUT2D eigenvalue weighted by Gasteiger charge is 2.44. The van der Waals surface area contributed by atoms with Crippen LogP contribution in [0.2, 0.25) is 0 Å². The highest BCUT2D eigenvalue weighted by atomic mass is 32.2. The van der Waals surface area contributed by atoms with Gasteiger partial charge in [0.15, 0.2) is 9.84 Å². The van der Waals surface area contributed by atoms with Crippen LogP contribution in [-0.4, -0.2) is 44.0 Å². The second-order valence-electron chi connectivity index (χ2n) is 12.0. The first-order valence-corrected chi connectivity index (χ1v) is 18.1. The molecule has 0 bridgehead atoms. The van der Waals surface area contributed by atoms with E-state index >= 15 is 0 Å². The fourth-order valence-electron chi connectivity index (χ4n) is 6.73. The third-order valence-electron chi connectivity index (χ3n) is 9.05. The maximum atomic E-state index is 14.2. The SMILES string of the molecule is CCCCC1(CCCC)CN(c2ccc(C3(C(N)=O)CCCC3)cc2)c2cc(SC)c(OC=CC(=O)O)cc2S(=O)(=O)C1. The quantitative estimate of drug-likeness (QED) is 0.138. The van der Waals surface area contributed by atoms with Gasteiger partial charge in [-0.2, -0.15) is 0 Å². The number of nitrogens with two attached hydrogens (primary N) is 1. The van der Waals surface area contributed by atoms with Gasteiger partial charge in [-0.15, -0.1) is 11.8 Å². The van der Waals surface area contributed by atoms with E-state index in [4.69, 9.17) is 15.6 Å². The minimum Gasteiger partial charge on any atom is -0.478 e. The highest BCUT2D eigenvalue weighted by molar-refractivity contribution is 7.98. The summed E-state index contributed by atoms with van der Waals surface area (Å²) in [7, 11) is -3.75. The number of primary amides is 1. The van der Waals surface area contributed by atoms with Crippen molar-refractivity contribution in [2.45, 2.75) is 93.3 Å². The number of amides is 1. The molecule has 2 aromatic carbocycles. The van der Waals surface area contributed by atoms with Crippen molar-refractivity contribution in [3.63, 3.8) is 0 Å². The van der Waals surface area contributed by atoms with E-state index in [1.54, 1.807) is 6.07 Å². The van der Waals surface area contributed by atoms with Crippen molar-refractivity contribution in [2.24, 2.45) is 11.1 Å². The average Bonchev–Trinajstić information content (AvgIpc) is 3.46. The Balaban J connectivity index is 1.89. The Bertz CT molecular complexity index is 1440. The second-order valence-corrected chi connectivity index (χ2v) is 14.8. The van der Waals surface area contributed by atoms with Crippen molar-refractivity contribution in [1.82, 2.24) is 0 Å². The van der Waals surface area contributed by atoms with Gasteiger partial charge in [0.05, 0.1) is 39.0 Å². The minimum absolute atomic E-state index is 0.0232. The predicted molar refractivity (Wildman–Crippen MR) is 172 cm³/mol. The van der Waals surface area contributed by atoms with Crippen LogP contribution in [-0.2, 0) is 24.8 Å². The molecule has 0 unspecified atom stereocenters. The van der Waals surface area contributed by atoms with Crippen LogP contribution in [0.5, 0.6) is 5.75 Å². The molecule has 3 N–H and O–H groups in total. The number of fused-ring (bicyclic) bond motifs is 1. The number of rotatable bonds is 13. The predicted octanol–water partition coefficient (Wildman–Crippen LogP) is 6.97. The van der Waals surface area contributed by atoms with Crippen LogP contribution in [0.1, 0.15) is 83.6 Å². The number of benzene rings is 2. The Kier molecular flexibility index (Phi) is 10.5. The van der Waals surface area contributed by atoms with Crippen molar-refractivity contribution in [1.29, 1.82) is 0 Å². The number of carbonyl (C=O) groups excluding carboxylic acids is 1. The third kappa shape index (κ3) is 7.06. The summed E-state index contributed by atoms with van der Waals surface area (Å²) in [5, 5.41) is 9.03. The Morgan fingerprint density at radius 1 is 1.07 bits per heavy atom. The van der Waals surface area contributed by atoms with Crippen LogP contribution >= 0.6 is 11.8 Å². The van der Waals surface area contributed by atoms with E-state index in [-0.39, 0.29) is 16.6 Å². The number of carbonyl (C=O) groups is 2. The van der Waals surface area contributed by atoms with Crippen molar-refractivity contribution >= 4 is 44.9 Å². The van der Waals surface area contributed by atoms with Gasteiger partial charge in [0, 0.05) is 23.7 Å². The molecule has 1 heterocycles. The molecule has 0 atom stereocenters. The second kappa shape index (κ2) is 13.8. The molecule has 0 spiro atoms. The van der Waals surface area contributed by atoms with Gasteiger partial charge in [-0.3, -0.25) is 4.79 Å². The Morgan fingerprint density at radius 2 is 1.70 bits per heavy atom. The fourth-order valence-corrected chi connectivity index (χ4v) is 9.39. The summed E-state index contributed by atoms with van der Waals surface area (Å²) in [6.45, 7) is 4.79. The zero-order valence-corrected chi connectivity index (χ0v) is 27.1. The molecule has 1 aliphatic heterocycles. The number of carboxylic acid groups (broad SMARTS) is 1. The van der Waals surface area contributed by atoms with E-state index in [9.17, 15) is 18.0 Å². The number of unbranched alkanes of at least 4 members (excludes halogenated alkanes) is 2. The number of hydrogen-bond acceptors (Lipinski definition) is 7. The third-order valence-corrected chi connectivity index (χ3v) is 11.8.